The summed E-state index contributed by atoms with van der Waals surface area (Å²) in [4.78, 5) is 2.15. The van der Waals surface area contributed by atoms with E-state index in [9.17, 15) is 4.39 Å². The lowest BCUT2D eigenvalue weighted by Gasteiger charge is -2.43. The van der Waals surface area contributed by atoms with E-state index in [2.05, 4.69) is 24.1 Å². The molecule has 0 aliphatic rings. The fourth-order valence-corrected chi connectivity index (χ4v) is 2.54. The van der Waals surface area contributed by atoms with Crippen LogP contribution in [0.1, 0.15) is 31.9 Å². The van der Waals surface area contributed by atoms with Crippen LogP contribution in [0, 0.1) is 5.82 Å². The molecular weight excluding hydrogens is 251 g/mol. The molecule has 0 amide bonds. The van der Waals surface area contributed by atoms with Crippen LogP contribution in [0.3, 0.4) is 0 Å². The van der Waals surface area contributed by atoms with Crippen LogP contribution >= 0.6 is 11.6 Å². The fourth-order valence-electron chi connectivity index (χ4n) is 2.32. The van der Waals surface area contributed by atoms with Gasteiger partial charge in [-0.15, -0.1) is 0 Å². The second kappa shape index (κ2) is 6.00. The van der Waals surface area contributed by atoms with E-state index in [0.717, 1.165) is 12.0 Å². The van der Waals surface area contributed by atoms with Gasteiger partial charge in [-0.1, -0.05) is 18.5 Å². The van der Waals surface area contributed by atoms with Crippen molar-refractivity contribution in [2.24, 2.45) is 0 Å². The average Bonchev–Trinajstić information content (AvgIpc) is 2.33. The van der Waals surface area contributed by atoms with Crippen molar-refractivity contribution in [3.05, 3.63) is 34.6 Å². The molecular formula is C14H22ClFN2. The molecule has 1 rings (SSSR count). The molecule has 2 nitrogen and oxygen atoms in total. The number of nitrogens with zero attached hydrogens (tertiary/aromatic N) is 1. The van der Waals surface area contributed by atoms with Crippen LogP contribution in [0.25, 0.3) is 0 Å². The topological polar surface area (TPSA) is 15.3 Å². The van der Waals surface area contributed by atoms with E-state index in [0.29, 0.717) is 5.02 Å². The number of hydrogen-bond donors (Lipinski definition) is 1. The van der Waals surface area contributed by atoms with Gasteiger partial charge in [0.15, 0.2) is 0 Å². The first-order chi connectivity index (χ1) is 8.36. The highest BCUT2D eigenvalue weighted by molar-refractivity contribution is 6.31. The van der Waals surface area contributed by atoms with Crippen molar-refractivity contribution in [1.29, 1.82) is 0 Å². The highest BCUT2D eigenvalue weighted by Gasteiger charge is 2.36. The van der Waals surface area contributed by atoms with Crippen molar-refractivity contribution in [2.75, 3.05) is 21.1 Å². The van der Waals surface area contributed by atoms with Crippen LogP contribution < -0.4 is 5.32 Å². The van der Waals surface area contributed by atoms with Gasteiger partial charge in [-0.2, -0.15) is 0 Å². The summed E-state index contributed by atoms with van der Waals surface area (Å²) in [7, 11) is 5.94. The SMILES string of the molecule is CCC(C)(C(NC)c1cc(F)ccc1Cl)N(C)C. The Morgan fingerprint density at radius 2 is 2.06 bits per heavy atom. The van der Waals surface area contributed by atoms with E-state index in [1.807, 2.05) is 21.1 Å². The Morgan fingerprint density at radius 3 is 2.50 bits per heavy atom. The maximum atomic E-state index is 13.4. The van der Waals surface area contributed by atoms with Gasteiger partial charge in [-0.3, -0.25) is 0 Å². The van der Waals surface area contributed by atoms with Gasteiger partial charge in [0.25, 0.3) is 0 Å². The zero-order valence-corrected chi connectivity index (χ0v) is 12.5. The molecule has 2 atom stereocenters. The van der Waals surface area contributed by atoms with Crippen molar-refractivity contribution < 1.29 is 4.39 Å². The van der Waals surface area contributed by atoms with Crippen molar-refractivity contribution in [3.8, 4) is 0 Å². The zero-order valence-electron chi connectivity index (χ0n) is 11.7. The highest BCUT2D eigenvalue weighted by Crippen LogP contribution is 2.36. The molecule has 0 radical (unpaired) electrons. The van der Waals surface area contributed by atoms with Gasteiger partial charge in [0, 0.05) is 10.6 Å². The van der Waals surface area contributed by atoms with Crippen LogP contribution in [0.5, 0.6) is 0 Å². The summed E-state index contributed by atoms with van der Waals surface area (Å²) < 4.78 is 13.4. The molecule has 0 aliphatic carbocycles. The van der Waals surface area contributed by atoms with Gasteiger partial charge in [0.1, 0.15) is 5.82 Å². The molecule has 1 N–H and O–H groups in total. The van der Waals surface area contributed by atoms with Crippen LogP contribution in [0.4, 0.5) is 4.39 Å². The molecule has 0 saturated heterocycles. The fraction of sp³-hybridized carbons (Fsp3) is 0.571. The number of halogens is 2. The lowest BCUT2D eigenvalue weighted by Crippen LogP contribution is -2.50. The molecule has 0 saturated carbocycles. The van der Waals surface area contributed by atoms with E-state index in [1.165, 1.54) is 12.1 Å². The quantitative estimate of drug-likeness (QED) is 0.883. The van der Waals surface area contributed by atoms with Gasteiger partial charge < -0.3 is 10.2 Å². The molecule has 1 aromatic rings. The van der Waals surface area contributed by atoms with Gasteiger partial charge in [-0.25, -0.2) is 4.39 Å². The Bertz CT molecular complexity index is 409. The third-order valence-corrected chi connectivity index (χ3v) is 4.26. The van der Waals surface area contributed by atoms with Gasteiger partial charge in [0.05, 0.1) is 6.04 Å². The first-order valence-electron chi connectivity index (χ1n) is 6.16. The summed E-state index contributed by atoms with van der Waals surface area (Å²) in [6.45, 7) is 4.27. The van der Waals surface area contributed by atoms with E-state index >= 15 is 0 Å². The zero-order chi connectivity index (χ0) is 13.9. The van der Waals surface area contributed by atoms with E-state index < -0.39 is 0 Å². The molecule has 2 unspecified atom stereocenters. The normalized spacial score (nSPS) is 16.7. The molecule has 0 fully saturated rings. The van der Waals surface area contributed by atoms with Crippen molar-refractivity contribution in [1.82, 2.24) is 10.2 Å². The highest BCUT2D eigenvalue weighted by atomic mass is 35.5. The smallest absolute Gasteiger partial charge is 0.123 e. The summed E-state index contributed by atoms with van der Waals surface area (Å²) in [5.74, 6) is -0.258. The summed E-state index contributed by atoms with van der Waals surface area (Å²) >= 11 is 6.21. The Morgan fingerprint density at radius 1 is 1.44 bits per heavy atom. The Hall–Kier alpha value is -0.640. The first kappa shape index (κ1) is 15.4. The number of nitrogens with one attached hydrogen (secondary N) is 1. The Labute approximate surface area is 114 Å². The predicted octanol–water partition coefficient (Wildman–Crippen LogP) is 3.47. The molecule has 0 bridgehead atoms. The molecule has 4 heteroatoms. The van der Waals surface area contributed by atoms with Crippen molar-refractivity contribution in [3.63, 3.8) is 0 Å². The minimum Gasteiger partial charge on any atom is -0.311 e. The summed E-state index contributed by atoms with van der Waals surface area (Å²) in [6, 6.07) is 4.49. The van der Waals surface area contributed by atoms with E-state index in [1.54, 1.807) is 6.07 Å². The lowest BCUT2D eigenvalue weighted by molar-refractivity contribution is 0.117. The van der Waals surface area contributed by atoms with Crippen LogP contribution in [-0.4, -0.2) is 31.6 Å². The largest absolute Gasteiger partial charge is 0.311 e. The van der Waals surface area contributed by atoms with E-state index in [4.69, 9.17) is 11.6 Å². The third kappa shape index (κ3) is 2.85. The first-order valence-corrected chi connectivity index (χ1v) is 6.54. The van der Waals surface area contributed by atoms with Crippen LogP contribution in [0.2, 0.25) is 5.02 Å². The Balaban J connectivity index is 3.28. The number of rotatable bonds is 5. The average molecular weight is 273 g/mol. The van der Waals surface area contributed by atoms with Crippen molar-refractivity contribution in [2.45, 2.75) is 31.8 Å². The Kier molecular flexibility index (Phi) is 5.14. The molecule has 0 aromatic heterocycles. The molecule has 1 aromatic carbocycles. The van der Waals surface area contributed by atoms with Crippen LogP contribution in [-0.2, 0) is 0 Å². The molecule has 0 spiro atoms. The lowest BCUT2D eigenvalue weighted by atomic mass is 9.83. The van der Waals surface area contributed by atoms with Gasteiger partial charge in [-0.05, 0) is 58.3 Å². The summed E-state index contributed by atoms with van der Waals surface area (Å²) in [6.07, 6.45) is 0.929. The summed E-state index contributed by atoms with van der Waals surface area (Å²) in [5.41, 5.74) is 0.670. The second-order valence-electron chi connectivity index (χ2n) is 4.99. The van der Waals surface area contributed by atoms with Gasteiger partial charge >= 0.3 is 0 Å². The minimum atomic E-state index is -0.258. The molecule has 0 aliphatic heterocycles. The molecule has 18 heavy (non-hydrogen) atoms. The maximum Gasteiger partial charge on any atom is 0.123 e. The standard InChI is InChI=1S/C14H22ClFN2/c1-6-14(2,18(4)5)13(17-3)11-9-10(16)7-8-12(11)15/h7-9,13,17H,6H2,1-5H3. The number of benzene rings is 1. The monoisotopic (exact) mass is 272 g/mol. The molecule has 102 valence electrons. The number of likely N-dealkylation sites (N-methyl/N-ethyl adjacent to an activating group) is 2. The maximum absolute atomic E-state index is 13.4. The van der Waals surface area contributed by atoms with Crippen molar-refractivity contribution >= 4 is 11.6 Å². The van der Waals surface area contributed by atoms with E-state index in [-0.39, 0.29) is 17.4 Å². The minimum absolute atomic E-state index is 0.0271. The van der Waals surface area contributed by atoms with Gasteiger partial charge in [0.2, 0.25) is 0 Å². The van der Waals surface area contributed by atoms with Crippen LogP contribution in [0.15, 0.2) is 18.2 Å². The summed E-state index contributed by atoms with van der Waals surface area (Å²) in [5, 5.41) is 3.86. The second-order valence-corrected chi connectivity index (χ2v) is 5.40. The number of hydrogen-bond acceptors (Lipinski definition) is 2. The third-order valence-electron chi connectivity index (χ3n) is 3.92. The molecule has 0 heterocycles. The predicted molar refractivity (Wildman–Crippen MR) is 75.6 cm³/mol.